The van der Waals surface area contributed by atoms with Gasteiger partial charge in [-0.3, -0.25) is 4.90 Å². The third-order valence-electron chi connectivity index (χ3n) is 5.66. The quantitative estimate of drug-likeness (QED) is 0.571. The van der Waals surface area contributed by atoms with E-state index >= 15 is 0 Å². The van der Waals surface area contributed by atoms with Gasteiger partial charge in [-0.1, -0.05) is 54.6 Å². The minimum Gasteiger partial charge on any atom is -0.379 e. The molecule has 0 spiro atoms. The summed E-state index contributed by atoms with van der Waals surface area (Å²) in [4.78, 5) is 2.55. The number of morpholine rings is 1. The molecule has 0 aliphatic carbocycles. The predicted molar refractivity (Wildman–Crippen MR) is 122 cm³/mol. The minimum absolute atomic E-state index is 0.871. The zero-order valence-electron chi connectivity index (χ0n) is 16.4. The molecule has 1 saturated heterocycles. The summed E-state index contributed by atoms with van der Waals surface area (Å²) in [6, 6.07) is 33.5. The molecule has 28 heavy (non-hydrogen) atoms. The van der Waals surface area contributed by atoms with Gasteiger partial charge in [0.25, 0.3) is 0 Å². The lowest BCUT2D eigenvalue weighted by Gasteiger charge is -2.30. The highest BCUT2D eigenvalue weighted by molar-refractivity contribution is 7.95. The van der Waals surface area contributed by atoms with Gasteiger partial charge in [-0.05, 0) is 42.8 Å². The average Bonchev–Trinajstić information content (AvgIpc) is 2.79. The Kier molecular flexibility index (Phi) is 6.54. The van der Waals surface area contributed by atoms with Gasteiger partial charge in [0.1, 0.15) is 23.2 Å². The Bertz CT molecular complexity index is 736. The molecule has 3 aromatic carbocycles. The molecule has 0 saturated carbocycles. The molecule has 1 fully saturated rings. The van der Waals surface area contributed by atoms with E-state index in [1.165, 1.54) is 28.5 Å². The topological polar surface area (TPSA) is 12.5 Å². The summed E-state index contributed by atoms with van der Waals surface area (Å²) < 4.78 is 5.52. The second-order valence-corrected chi connectivity index (χ2v) is 11.0. The van der Waals surface area contributed by atoms with E-state index in [2.05, 4.69) is 95.9 Å². The first-order valence-corrected chi connectivity index (χ1v) is 12.2. The molecule has 2 nitrogen and oxygen atoms in total. The second kappa shape index (κ2) is 9.47. The van der Waals surface area contributed by atoms with E-state index in [1.807, 2.05) is 0 Å². The normalized spacial score (nSPS) is 15.4. The van der Waals surface area contributed by atoms with Crippen molar-refractivity contribution in [2.45, 2.75) is 6.42 Å². The van der Waals surface area contributed by atoms with Crippen LogP contribution in [0, 0.1) is 0 Å². The van der Waals surface area contributed by atoms with Crippen LogP contribution in [0.3, 0.4) is 0 Å². The fourth-order valence-electron chi connectivity index (χ4n) is 4.24. The van der Waals surface area contributed by atoms with Crippen molar-refractivity contribution in [1.82, 2.24) is 4.90 Å². The molecule has 0 atom stereocenters. The van der Waals surface area contributed by atoms with Crippen LogP contribution in [-0.2, 0) is 4.74 Å². The van der Waals surface area contributed by atoms with Gasteiger partial charge in [-0.15, -0.1) is 0 Å². The van der Waals surface area contributed by atoms with E-state index < -0.39 is 7.26 Å². The first-order chi connectivity index (χ1) is 13.9. The fourth-order valence-corrected chi connectivity index (χ4v) is 8.57. The maximum absolute atomic E-state index is 5.52. The summed E-state index contributed by atoms with van der Waals surface area (Å²) >= 11 is 0. The van der Waals surface area contributed by atoms with Crippen molar-refractivity contribution >= 4 is 23.2 Å². The van der Waals surface area contributed by atoms with E-state index in [1.54, 1.807) is 0 Å². The SMILES string of the molecule is c1ccc([P+](CCCN2CCOCC2)(c2ccccc2)c2ccccc2)cc1. The lowest BCUT2D eigenvalue weighted by atomic mass is 10.3. The third kappa shape index (κ3) is 4.20. The van der Waals surface area contributed by atoms with Crippen LogP contribution in [0.2, 0.25) is 0 Å². The van der Waals surface area contributed by atoms with E-state index in [0.29, 0.717) is 0 Å². The van der Waals surface area contributed by atoms with Gasteiger partial charge in [-0.2, -0.15) is 0 Å². The maximum atomic E-state index is 5.52. The second-order valence-electron chi connectivity index (χ2n) is 7.35. The summed E-state index contributed by atoms with van der Waals surface area (Å²) in [5.74, 6) is 0. The van der Waals surface area contributed by atoms with Gasteiger partial charge in [0.05, 0.1) is 19.4 Å². The maximum Gasteiger partial charge on any atom is 0.112 e. The van der Waals surface area contributed by atoms with Gasteiger partial charge in [0.15, 0.2) is 0 Å². The highest BCUT2D eigenvalue weighted by Gasteiger charge is 2.44. The molecule has 3 aromatic rings. The van der Waals surface area contributed by atoms with Crippen LogP contribution in [0.15, 0.2) is 91.0 Å². The largest absolute Gasteiger partial charge is 0.379 e. The van der Waals surface area contributed by atoms with Crippen LogP contribution in [0.4, 0.5) is 0 Å². The molecular formula is C25H29NOP+. The Morgan fingerprint density at radius 2 is 1.07 bits per heavy atom. The highest BCUT2D eigenvalue weighted by atomic mass is 31.2. The van der Waals surface area contributed by atoms with Crippen LogP contribution in [0.25, 0.3) is 0 Å². The smallest absolute Gasteiger partial charge is 0.112 e. The van der Waals surface area contributed by atoms with Crippen LogP contribution in [0.5, 0.6) is 0 Å². The molecule has 0 aromatic heterocycles. The number of hydrogen-bond acceptors (Lipinski definition) is 2. The van der Waals surface area contributed by atoms with Gasteiger partial charge >= 0.3 is 0 Å². The van der Waals surface area contributed by atoms with Crippen molar-refractivity contribution in [1.29, 1.82) is 0 Å². The minimum atomic E-state index is -1.68. The molecule has 144 valence electrons. The van der Waals surface area contributed by atoms with E-state index in [-0.39, 0.29) is 0 Å². The summed E-state index contributed by atoms with van der Waals surface area (Å²) in [7, 11) is -1.68. The third-order valence-corrected chi connectivity index (χ3v) is 10.2. The molecule has 1 aliphatic heterocycles. The number of ether oxygens (including phenoxy) is 1. The van der Waals surface area contributed by atoms with Crippen molar-refractivity contribution in [2.24, 2.45) is 0 Å². The molecule has 4 rings (SSSR count). The number of benzene rings is 3. The van der Waals surface area contributed by atoms with E-state index in [0.717, 1.165) is 32.8 Å². The zero-order chi connectivity index (χ0) is 19.1. The van der Waals surface area contributed by atoms with Crippen LogP contribution in [0.1, 0.15) is 6.42 Å². The number of nitrogens with zero attached hydrogens (tertiary/aromatic N) is 1. The van der Waals surface area contributed by atoms with Crippen molar-refractivity contribution in [3.8, 4) is 0 Å². The zero-order valence-corrected chi connectivity index (χ0v) is 17.3. The Morgan fingerprint density at radius 3 is 1.50 bits per heavy atom. The first kappa shape index (κ1) is 19.3. The molecule has 0 radical (unpaired) electrons. The molecule has 0 unspecified atom stereocenters. The highest BCUT2D eigenvalue weighted by Crippen LogP contribution is 2.55. The Labute approximate surface area is 169 Å². The monoisotopic (exact) mass is 390 g/mol. The van der Waals surface area contributed by atoms with E-state index in [4.69, 9.17) is 4.74 Å². The van der Waals surface area contributed by atoms with Crippen molar-refractivity contribution in [3.05, 3.63) is 91.0 Å². The van der Waals surface area contributed by atoms with Gasteiger partial charge in [-0.25, -0.2) is 0 Å². The number of hydrogen-bond donors (Lipinski definition) is 0. The molecule has 0 amide bonds. The van der Waals surface area contributed by atoms with Crippen LogP contribution < -0.4 is 15.9 Å². The standard InChI is InChI=1S/C25H29NOP/c1-4-11-23(12-5-1)28(24-13-6-2-7-14-24,25-15-8-3-9-16-25)22-10-17-26-18-20-27-21-19-26/h1-9,11-16H,10,17-22H2/q+1. The molecule has 1 heterocycles. The Balaban J connectivity index is 1.72. The summed E-state index contributed by atoms with van der Waals surface area (Å²) in [6.07, 6.45) is 2.40. The first-order valence-electron chi connectivity index (χ1n) is 10.2. The lowest BCUT2D eigenvalue weighted by Crippen LogP contribution is -2.38. The summed E-state index contributed by atoms with van der Waals surface area (Å²) in [6.45, 7) is 5.02. The van der Waals surface area contributed by atoms with Crippen LogP contribution in [-0.4, -0.2) is 43.9 Å². The predicted octanol–water partition coefficient (Wildman–Crippen LogP) is 3.70. The molecule has 1 aliphatic rings. The molecule has 3 heteroatoms. The van der Waals surface area contributed by atoms with Crippen molar-refractivity contribution < 1.29 is 4.74 Å². The summed E-state index contributed by atoms with van der Waals surface area (Å²) in [5, 5.41) is 4.44. The van der Waals surface area contributed by atoms with Crippen molar-refractivity contribution in [3.63, 3.8) is 0 Å². The van der Waals surface area contributed by atoms with Crippen LogP contribution >= 0.6 is 7.26 Å². The van der Waals surface area contributed by atoms with Gasteiger partial charge in [0.2, 0.25) is 0 Å². The average molecular weight is 390 g/mol. The Morgan fingerprint density at radius 1 is 0.643 bits per heavy atom. The molecule has 0 N–H and O–H groups in total. The van der Waals surface area contributed by atoms with Gasteiger partial charge in [0, 0.05) is 19.6 Å². The number of rotatable bonds is 7. The molecule has 0 bridgehead atoms. The molecular weight excluding hydrogens is 361 g/mol. The lowest BCUT2D eigenvalue weighted by molar-refractivity contribution is 0.0381. The fraction of sp³-hybridized carbons (Fsp3) is 0.280. The van der Waals surface area contributed by atoms with E-state index in [9.17, 15) is 0 Å². The Hall–Kier alpha value is -1.99. The van der Waals surface area contributed by atoms with Gasteiger partial charge < -0.3 is 4.74 Å². The van der Waals surface area contributed by atoms with Crippen molar-refractivity contribution in [2.75, 3.05) is 39.0 Å². The summed E-state index contributed by atoms with van der Waals surface area (Å²) in [5.41, 5.74) is 0.